The van der Waals surface area contributed by atoms with Gasteiger partial charge in [-0.25, -0.2) is 4.79 Å². The first-order valence-electron chi connectivity index (χ1n) is 5.36. The van der Waals surface area contributed by atoms with E-state index in [1.807, 2.05) is 0 Å². The maximum Gasteiger partial charge on any atom is 0.342 e. The molecule has 0 saturated carbocycles. The molecule has 0 amide bonds. The largest absolute Gasteiger partial charge is 0.477 e. The predicted molar refractivity (Wildman–Crippen MR) is 66.3 cm³/mol. The lowest BCUT2D eigenvalue weighted by molar-refractivity contribution is -0.384. The molecule has 0 aromatic heterocycles. The number of carbonyl (C=O) groups is 1. The summed E-state index contributed by atoms with van der Waals surface area (Å²) in [6, 6.07) is 3.81. The van der Waals surface area contributed by atoms with Crippen LogP contribution < -0.4 is 5.32 Å². The molecule has 0 aliphatic heterocycles. The molecule has 0 spiro atoms. The fourth-order valence-electron chi connectivity index (χ4n) is 1.40. The van der Waals surface area contributed by atoms with Gasteiger partial charge < -0.3 is 20.6 Å². The number of aromatic carboxylic acids is 1. The molecule has 0 heterocycles. The van der Waals surface area contributed by atoms with Crippen molar-refractivity contribution in [3.8, 4) is 0 Å². The minimum Gasteiger partial charge on any atom is -0.477 e. The Labute approximate surface area is 108 Å². The summed E-state index contributed by atoms with van der Waals surface area (Å²) in [5.41, 5.74) is -2.52. The van der Waals surface area contributed by atoms with Gasteiger partial charge in [0.1, 0.15) is 16.9 Å². The van der Waals surface area contributed by atoms with Crippen LogP contribution in [0.5, 0.6) is 0 Å². The van der Waals surface area contributed by atoms with Crippen LogP contribution in [-0.2, 0) is 0 Å². The minimum absolute atomic E-state index is 0.0291. The van der Waals surface area contributed by atoms with E-state index in [1.165, 1.54) is 19.1 Å². The predicted octanol–water partition coefficient (Wildman–Crippen LogP) is 0.448. The third kappa shape index (κ3) is 3.63. The van der Waals surface area contributed by atoms with Gasteiger partial charge in [-0.1, -0.05) is 6.07 Å². The summed E-state index contributed by atoms with van der Waals surface area (Å²) in [6.07, 6.45) is 0. The van der Waals surface area contributed by atoms with Crippen LogP contribution >= 0.6 is 0 Å². The van der Waals surface area contributed by atoms with Crippen LogP contribution in [0.25, 0.3) is 0 Å². The van der Waals surface area contributed by atoms with Crippen LogP contribution in [-0.4, -0.2) is 45.0 Å². The average molecular weight is 270 g/mol. The highest BCUT2D eigenvalue weighted by molar-refractivity contribution is 5.95. The Morgan fingerprint density at radius 2 is 2.16 bits per heavy atom. The van der Waals surface area contributed by atoms with Crippen LogP contribution in [0.4, 0.5) is 11.4 Å². The molecule has 0 fully saturated rings. The van der Waals surface area contributed by atoms with Crippen LogP contribution in [0.2, 0.25) is 0 Å². The van der Waals surface area contributed by atoms with Gasteiger partial charge >= 0.3 is 11.7 Å². The number of aliphatic hydroxyl groups is 2. The molecule has 1 aromatic rings. The van der Waals surface area contributed by atoms with E-state index in [1.54, 1.807) is 0 Å². The van der Waals surface area contributed by atoms with Crippen LogP contribution in [0, 0.1) is 10.1 Å². The molecule has 4 N–H and O–H groups in total. The van der Waals surface area contributed by atoms with E-state index in [4.69, 9.17) is 10.2 Å². The van der Waals surface area contributed by atoms with Crippen molar-refractivity contribution >= 4 is 17.3 Å². The molecular formula is C11H14N2O6. The van der Waals surface area contributed by atoms with Crippen LogP contribution in [0.1, 0.15) is 17.3 Å². The van der Waals surface area contributed by atoms with Gasteiger partial charge in [-0.05, 0) is 19.1 Å². The summed E-state index contributed by atoms with van der Waals surface area (Å²) in [5.74, 6) is -1.41. The summed E-state index contributed by atoms with van der Waals surface area (Å²) in [6.45, 7) is 0.646. The number of hydrogen-bond donors (Lipinski definition) is 4. The normalized spacial score (nSPS) is 13.6. The summed E-state index contributed by atoms with van der Waals surface area (Å²) < 4.78 is 0. The van der Waals surface area contributed by atoms with Crippen molar-refractivity contribution in [2.24, 2.45) is 0 Å². The number of benzene rings is 1. The van der Waals surface area contributed by atoms with Gasteiger partial charge in [-0.15, -0.1) is 0 Å². The van der Waals surface area contributed by atoms with Crippen molar-refractivity contribution < 1.29 is 25.0 Å². The first-order valence-corrected chi connectivity index (χ1v) is 5.36. The molecule has 0 aliphatic rings. The average Bonchev–Trinajstić information content (AvgIpc) is 2.35. The van der Waals surface area contributed by atoms with Crippen LogP contribution in [0.3, 0.4) is 0 Å². The van der Waals surface area contributed by atoms with Crippen molar-refractivity contribution in [1.82, 2.24) is 0 Å². The molecule has 0 radical (unpaired) electrons. The number of aliphatic hydroxyl groups excluding tert-OH is 1. The second-order valence-corrected chi connectivity index (χ2v) is 4.27. The van der Waals surface area contributed by atoms with E-state index in [0.717, 1.165) is 6.07 Å². The van der Waals surface area contributed by atoms with Crippen molar-refractivity contribution in [3.63, 3.8) is 0 Å². The summed E-state index contributed by atoms with van der Waals surface area (Å²) >= 11 is 0. The minimum atomic E-state index is -1.47. The van der Waals surface area contributed by atoms with Gasteiger partial charge in [0.15, 0.2) is 0 Å². The number of nitrogens with zero attached hydrogens (tertiary/aromatic N) is 1. The number of carboxylic acids is 1. The molecule has 0 saturated heterocycles. The molecule has 1 aromatic carbocycles. The van der Waals surface area contributed by atoms with Crippen molar-refractivity contribution in [2.45, 2.75) is 12.5 Å². The number of nitro groups is 1. The second-order valence-electron chi connectivity index (χ2n) is 4.27. The Hall–Kier alpha value is -2.19. The van der Waals surface area contributed by atoms with E-state index in [9.17, 15) is 20.0 Å². The number of anilines is 1. The first kappa shape index (κ1) is 14.9. The highest BCUT2D eigenvalue weighted by Crippen LogP contribution is 2.28. The number of carboxylic acid groups (broad SMARTS) is 1. The van der Waals surface area contributed by atoms with Crippen LogP contribution in [0.15, 0.2) is 18.2 Å². The molecule has 0 bridgehead atoms. The smallest absolute Gasteiger partial charge is 0.342 e. The van der Waals surface area contributed by atoms with Gasteiger partial charge in [-0.3, -0.25) is 10.1 Å². The molecule has 19 heavy (non-hydrogen) atoms. The van der Waals surface area contributed by atoms with E-state index >= 15 is 0 Å². The summed E-state index contributed by atoms with van der Waals surface area (Å²) in [7, 11) is 0. The Morgan fingerprint density at radius 1 is 1.53 bits per heavy atom. The number of nitrogens with one attached hydrogen (secondary N) is 1. The fraction of sp³-hybridized carbons (Fsp3) is 0.364. The molecular weight excluding hydrogens is 256 g/mol. The van der Waals surface area contributed by atoms with Crippen molar-refractivity contribution in [2.75, 3.05) is 18.5 Å². The lowest BCUT2D eigenvalue weighted by Crippen LogP contribution is -2.37. The highest BCUT2D eigenvalue weighted by atomic mass is 16.6. The van der Waals surface area contributed by atoms with E-state index in [-0.39, 0.29) is 12.2 Å². The maximum absolute atomic E-state index is 10.9. The quantitative estimate of drug-likeness (QED) is 0.435. The van der Waals surface area contributed by atoms with Crippen molar-refractivity contribution in [3.05, 3.63) is 33.9 Å². The zero-order valence-electron chi connectivity index (χ0n) is 10.2. The standard InChI is InChI=1S/C11H14N2O6/c1-11(17,6-14)5-12-8-4-2-3-7(10(15)16)9(8)13(18)19/h2-4,12,14,17H,5-6H2,1H3,(H,15,16). The summed E-state index contributed by atoms with van der Waals surface area (Å²) in [4.78, 5) is 21.0. The fourth-order valence-corrected chi connectivity index (χ4v) is 1.40. The SMILES string of the molecule is CC(O)(CO)CNc1cccc(C(=O)O)c1[N+](=O)[O-]. The maximum atomic E-state index is 10.9. The van der Waals surface area contributed by atoms with E-state index in [2.05, 4.69) is 5.32 Å². The number of rotatable bonds is 6. The number of para-hydroxylation sites is 1. The zero-order valence-corrected chi connectivity index (χ0v) is 10.2. The third-order valence-electron chi connectivity index (χ3n) is 2.45. The molecule has 1 atom stereocenters. The third-order valence-corrected chi connectivity index (χ3v) is 2.45. The molecule has 0 aliphatic carbocycles. The Kier molecular flexibility index (Phi) is 4.41. The summed E-state index contributed by atoms with van der Waals surface area (Å²) in [5, 5.41) is 40.9. The highest BCUT2D eigenvalue weighted by Gasteiger charge is 2.26. The van der Waals surface area contributed by atoms with Crippen molar-refractivity contribution in [1.29, 1.82) is 0 Å². The lowest BCUT2D eigenvalue weighted by atomic mass is 10.1. The number of nitro benzene ring substituents is 1. The van der Waals surface area contributed by atoms with Gasteiger partial charge in [0.25, 0.3) is 0 Å². The number of hydrogen-bond acceptors (Lipinski definition) is 6. The molecule has 1 unspecified atom stereocenters. The van der Waals surface area contributed by atoms with Gasteiger partial charge in [0, 0.05) is 6.54 Å². The molecule has 104 valence electrons. The Balaban J connectivity index is 3.11. The first-order chi connectivity index (χ1) is 8.78. The van der Waals surface area contributed by atoms with E-state index in [0.29, 0.717) is 0 Å². The monoisotopic (exact) mass is 270 g/mol. The second kappa shape index (κ2) is 5.63. The molecule has 1 rings (SSSR count). The molecule has 8 nitrogen and oxygen atoms in total. The van der Waals surface area contributed by atoms with Gasteiger partial charge in [0.2, 0.25) is 0 Å². The van der Waals surface area contributed by atoms with Gasteiger partial charge in [0.05, 0.1) is 11.5 Å². The van der Waals surface area contributed by atoms with Gasteiger partial charge in [-0.2, -0.15) is 0 Å². The topological polar surface area (TPSA) is 133 Å². The molecule has 8 heteroatoms. The lowest BCUT2D eigenvalue weighted by Gasteiger charge is -2.21. The Morgan fingerprint density at radius 3 is 2.63 bits per heavy atom. The zero-order chi connectivity index (χ0) is 14.6. The Bertz CT molecular complexity index is 500. The van der Waals surface area contributed by atoms with E-state index < -0.39 is 34.4 Å².